The van der Waals surface area contributed by atoms with Gasteiger partial charge in [-0.05, 0) is 147 Å². The fourth-order valence-corrected chi connectivity index (χ4v) is 14.4. The van der Waals surface area contributed by atoms with Crippen molar-refractivity contribution in [2.24, 2.45) is 17.4 Å². The highest BCUT2D eigenvalue weighted by Crippen LogP contribution is 2.47. The van der Waals surface area contributed by atoms with E-state index >= 15 is 8.78 Å². The molecule has 3 aliphatic heterocycles. The second kappa shape index (κ2) is 31.8. The molecule has 1 aliphatic carbocycles. The average molecular weight is 1460 g/mol. The Morgan fingerprint density at radius 1 is 0.867 bits per heavy atom. The number of benzene rings is 4. The van der Waals surface area contributed by atoms with Crippen molar-refractivity contribution in [2.45, 2.75) is 142 Å². The second-order valence-electron chi connectivity index (χ2n) is 27.3. The number of fused-ring (bicyclic) bond motifs is 6. The molecular weight excluding hydrogens is 1380 g/mol. The van der Waals surface area contributed by atoms with Crippen molar-refractivity contribution in [1.29, 1.82) is 0 Å². The Bertz CT molecular complexity index is 4770. The lowest BCUT2D eigenvalue weighted by Gasteiger charge is -2.35. The van der Waals surface area contributed by atoms with E-state index in [1.54, 1.807) is 76.4 Å². The molecule has 552 valence electrons. The molecule has 105 heavy (non-hydrogen) atoms. The molecule has 1 fully saturated rings. The van der Waals surface area contributed by atoms with Crippen LogP contribution >= 0.6 is 11.6 Å². The van der Waals surface area contributed by atoms with Gasteiger partial charge in [-0.3, -0.25) is 24.0 Å². The zero-order valence-corrected chi connectivity index (χ0v) is 59.5. The molecule has 4 aromatic carbocycles. The molecule has 4 aromatic heterocycles. The Morgan fingerprint density at radius 3 is 2.36 bits per heavy atom. The number of nitrogens with one attached hydrogen (secondary N) is 8. The van der Waals surface area contributed by atoms with Crippen molar-refractivity contribution in [1.82, 2.24) is 51.1 Å². The van der Waals surface area contributed by atoms with E-state index in [4.69, 9.17) is 52.2 Å². The van der Waals surface area contributed by atoms with Crippen molar-refractivity contribution in [3.63, 3.8) is 0 Å². The summed E-state index contributed by atoms with van der Waals surface area (Å²) < 4.78 is 48.7. The third-order valence-corrected chi connectivity index (χ3v) is 20.0. The van der Waals surface area contributed by atoms with E-state index in [0.29, 0.717) is 121 Å². The molecule has 27 nitrogen and oxygen atoms in total. The third kappa shape index (κ3) is 16.2. The first-order valence-corrected chi connectivity index (χ1v) is 35.6. The van der Waals surface area contributed by atoms with Crippen LogP contribution in [-0.2, 0) is 70.0 Å². The van der Waals surface area contributed by atoms with E-state index < -0.39 is 76.8 Å². The van der Waals surface area contributed by atoms with Gasteiger partial charge >= 0.3 is 18.1 Å². The van der Waals surface area contributed by atoms with Crippen LogP contribution in [0.25, 0.3) is 55.8 Å². The molecule has 13 N–H and O–H groups in total. The number of pyridine rings is 3. The standard InChI is InChI=1S/C75H84ClF2N15O12/c1-6-75(102)51-32-58-65-49(35-93(58)71(98)50(51)37-104-72(75)99)62-54(16-14-47-40(5)52(78)33-57(86-65)61(47)62)90-74(101)105-36-41-9-12-46(13-10-41)85-69(96)55(8-7-21-83-73(80)100)89-70(97)64(38(2)3)91-60(95)20-27-103-26-19-59(94)81-22-23-82-67-63(68-87-53-15-11-43(76)31-56(53)88-68)66(92-24-17-45(79)18-25-92)48(34-84-67)42-28-39(4)29-44(77)30-42/h9-13,15,28-34,38,45,54-55,64,102H,6-8,14,16-27,35-37,79H2,1-5H3,(H,81,94)(H,82,84)(H,85,96)(H,87,88)(H,89,97)(H,90,101)(H,91,95)(H3,80,83,100)/t54-,55-,64-,75-/m0/s1. The predicted octanol–water partition coefficient (Wildman–Crippen LogP) is 8.11. The van der Waals surface area contributed by atoms with Crippen LogP contribution in [0.4, 0.5) is 35.6 Å². The van der Waals surface area contributed by atoms with E-state index in [1.807, 2.05) is 19.1 Å². The van der Waals surface area contributed by atoms with Crippen molar-refractivity contribution in [3.8, 4) is 33.9 Å². The number of aromatic nitrogens is 5. The summed E-state index contributed by atoms with van der Waals surface area (Å²) in [5.74, 6) is -3.23. The number of aromatic amines is 1. The van der Waals surface area contributed by atoms with Crippen LogP contribution in [0.3, 0.4) is 0 Å². The number of cyclic esters (lactones) is 1. The topological polar surface area (TPSA) is 383 Å². The fourth-order valence-electron chi connectivity index (χ4n) is 14.2. The maximum Gasteiger partial charge on any atom is 0.407 e. The van der Waals surface area contributed by atoms with Gasteiger partial charge in [0.25, 0.3) is 5.56 Å². The van der Waals surface area contributed by atoms with Crippen LogP contribution in [0.15, 0.2) is 83.8 Å². The van der Waals surface area contributed by atoms with Gasteiger partial charge in [0.05, 0.1) is 70.6 Å². The molecule has 1 saturated heterocycles. The van der Waals surface area contributed by atoms with Crippen LogP contribution in [-0.4, -0.2) is 135 Å². The monoisotopic (exact) mass is 1460 g/mol. The van der Waals surface area contributed by atoms with Gasteiger partial charge in [-0.1, -0.05) is 50.6 Å². The van der Waals surface area contributed by atoms with Crippen molar-refractivity contribution >= 4 is 92.5 Å². The van der Waals surface area contributed by atoms with Crippen LogP contribution in [0.2, 0.25) is 5.02 Å². The molecule has 0 radical (unpaired) electrons. The van der Waals surface area contributed by atoms with Gasteiger partial charge in [0.1, 0.15) is 48.6 Å². The molecule has 7 amide bonds. The second-order valence-corrected chi connectivity index (χ2v) is 27.8. The number of aliphatic hydroxyl groups is 1. The number of imidazole rings is 1. The smallest absolute Gasteiger partial charge is 0.407 e. The fraction of sp³-hybridized carbons (Fsp3) is 0.400. The van der Waals surface area contributed by atoms with Crippen LogP contribution in [0, 0.1) is 31.4 Å². The first-order chi connectivity index (χ1) is 50.3. The summed E-state index contributed by atoms with van der Waals surface area (Å²) in [5.41, 5.74) is 18.7. The summed E-state index contributed by atoms with van der Waals surface area (Å²) in [6, 6.07) is 15.9. The van der Waals surface area contributed by atoms with Gasteiger partial charge in [0.2, 0.25) is 23.6 Å². The number of rotatable bonds is 27. The molecule has 0 saturated carbocycles. The van der Waals surface area contributed by atoms with Gasteiger partial charge in [-0.15, -0.1) is 0 Å². The summed E-state index contributed by atoms with van der Waals surface area (Å²) in [4.78, 5) is 127. The van der Waals surface area contributed by atoms with Gasteiger partial charge < -0.3 is 82.5 Å². The number of carbonyl (C=O) groups is 7. The Hall–Kier alpha value is -10.6. The van der Waals surface area contributed by atoms with E-state index in [1.165, 1.54) is 22.8 Å². The summed E-state index contributed by atoms with van der Waals surface area (Å²) in [6.07, 6.45) is 3.24. The number of alkyl carbamates (subject to hydrolysis) is 1. The summed E-state index contributed by atoms with van der Waals surface area (Å²) in [7, 11) is 0. The largest absolute Gasteiger partial charge is 0.458 e. The molecule has 7 heterocycles. The highest BCUT2D eigenvalue weighted by molar-refractivity contribution is 6.31. The molecule has 12 rings (SSSR count). The number of anilines is 3. The number of ether oxygens (including phenoxy) is 3. The van der Waals surface area contributed by atoms with E-state index in [0.717, 1.165) is 29.7 Å². The number of piperidine rings is 1. The Morgan fingerprint density at radius 2 is 1.63 bits per heavy atom. The number of hydrogen-bond acceptors (Lipinski definition) is 18. The number of nitrogens with two attached hydrogens (primary N) is 2. The number of halogens is 3. The molecular formula is C75H84ClF2N15O12. The number of carbonyl (C=O) groups excluding carboxylic acids is 7. The maximum atomic E-state index is 15.5. The highest BCUT2D eigenvalue weighted by Gasteiger charge is 2.46. The molecule has 0 bridgehead atoms. The van der Waals surface area contributed by atoms with Crippen LogP contribution < -0.4 is 59.1 Å². The third-order valence-electron chi connectivity index (χ3n) is 19.8. The van der Waals surface area contributed by atoms with Gasteiger partial charge in [0, 0.05) is 96.7 Å². The number of hydrogen-bond donors (Lipinski definition) is 11. The lowest BCUT2D eigenvalue weighted by molar-refractivity contribution is -0.172. The van der Waals surface area contributed by atoms with E-state index in [9.17, 15) is 43.5 Å². The molecule has 8 aromatic rings. The maximum absolute atomic E-state index is 15.5. The normalized spacial score (nSPS) is 16.5. The molecule has 0 spiro atoms. The average Bonchev–Trinajstić information content (AvgIpc) is 1.63. The Kier molecular flexibility index (Phi) is 22.4. The van der Waals surface area contributed by atoms with Gasteiger partial charge in [-0.2, -0.15) is 0 Å². The highest BCUT2D eigenvalue weighted by atomic mass is 35.5. The van der Waals surface area contributed by atoms with Crippen LogP contribution in [0.1, 0.15) is 123 Å². The SMILES string of the molecule is CC[C@@]1(O)C(=O)OCc2c1cc1n(c2=O)Cc2c-1nc1cc(F)c(C)c3c1c2[C@@H](NC(=O)OCc1ccc(NC(=O)[C@H](CCCNC(N)=O)NC(=O)[C@@H](NC(=O)CCOCCC(=O)NCCNc2ncc(-c4cc(C)cc(F)c4)c(N4CCC(N)CC4)c2-c2nc4ccc(Cl)cc4[nH]2)C(C)C)cc1)CC3. The minimum absolute atomic E-state index is 0.0101. The van der Waals surface area contributed by atoms with Gasteiger partial charge in [0.15, 0.2) is 5.60 Å². The number of urea groups is 1. The van der Waals surface area contributed by atoms with Gasteiger partial charge in [-0.25, -0.2) is 38.1 Å². The lowest BCUT2D eigenvalue weighted by Crippen LogP contribution is -2.54. The zero-order valence-electron chi connectivity index (χ0n) is 58.8. The lowest BCUT2D eigenvalue weighted by atomic mass is 9.81. The summed E-state index contributed by atoms with van der Waals surface area (Å²) in [6.45, 7) is 9.87. The summed E-state index contributed by atoms with van der Waals surface area (Å²) in [5, 5.41) is 32.7. The number of amides is 7. The minimum Gasteiger partial charge on any atom is -0.458 e. The molecule has 0 unspecified atom stereocenters. The van der Waals surface area contributed by atoms with Crippen molar-refractivity contribution in [2.75, 3.05) is 61.5 Å². The molecule has 4 atom stereocenters. The Balaban J connectivity index is 0.621. The van der Waals surface area contributed by atoms with E-state index in [2.05, 4.69) is 47.1 Å². The quantitative estimate of drug-likeness (QED) is 0.0171. The van der Waals surface area contributed by atoms with Crippen molar-refractivity contribution < 1.29 is 61.7 Å². The Labute approximate surface area is 607 Å². The number of nitrogens with zero attached hydrogens (tertiary/aromatic N) is 5. The number of esters is 1. The minimum atomic E-state index is -2.06. The number of aryl methyl sites for hydroxylation is 2. The number of primary amides is 1. The predicted molar refractivity (Wildman–Crippen MR) is 390 cm³/mol. The zero-order chi connectivity index (χ0) is 74.5. The van der Waals surface area contributed by atoms with E-state index in [-0.39, 0.29) is 114 Å². The molecule has 30 heteroatoms. The summed E-state index contributed by atoms with van der Waals surface area (Å²) >= 11 is 6.39. The first-order valence-electron chi connectivity index (χ1n) is 35.2. The van der Waals surface area contributed by atoms with Crippen LogP contribution in [0.5, 0.6) is 0 Å². The molecule has 4 aliphatic rings. The first kappa shape index (κ1) is 74.1. The number of H-pyrrole nitrogens is 1. The van der Waals surface area contributed by atoms with Crippen molar-refractivity contribution in [3.05, 3.63) is 151 Å².